The average Bonchev–Trinajstić information content (AvgIpc) is 2.58. The summed E-state index contributed by atoms with van der Waals surface area (Å²) in [6.45, 7) is 12.1. The lowest BCUT2D eigenvalue weighted by molar-refractivity contribution is 0.182. The van der Waals surface area contributed by atoms with E-state index in [-0.39, 0.29) is 12.0 Å². The predicted octanol–water partition coefficient (Wildman–Crippen LogP) is 5.33. The summed E-state index contributed by atoms with van der Waals surface area (Å²) in [5, 5.41) is 8.84. The molecule has 0 aromatic heterocycles. The molecule has 0 saturated carbocycles. The summed E-state index contributed by atoms with van der Waals surface area (Å²) < 4.78 is 5.48. The Morgan fingerprint density at radius 3 is 1.86 bits per heavy atom. The molecule has 1 N–H and O–H groups in total. The minimum absolute atomic E-state index is 0.0565. The second-order valence-corrected chi connectivity index (χ2v) is 6.78. The van der Waals surface area contributed by atoms with Crippen molar-refractivity contribution in [2.75, 3.05) is 13.2 Å². The van der Waals surface area contributed by atoms with Crippen LogP contribution in [-0.4, -0.2) is 18.3 Å². The largest absolute Gasteiger partial charge is 0.491 e. The van der Waals surface area contributed by atoms with Crippen LogP contribution in [0.5, 0.6) is 5.75 Å². The lowest BCUT2D eigenvalue weighted by Gasteiger charge is -2.41. The van der Waals surface area contributed by atoms with E-state index in [0.29, 0.717) is 12.0 Å². The molecule has 1 aromatic rings. The Morgan fingerprint density at radius 2 is 1.45 bits per heavy atom. The maximum Gasteiger partial charge on any atom is 0.119 e. The summed E-state index contributed by atoms with van der Waals surface area (Å²) in [6, 6.07) is 8.51. The second kappa shape index (κ2) is 8.57. The van der Waals surface area contributed by atoms with Gasteiger partial charge in [-0.25, -0.2) is 0 Å². The average molecular weight is 306 g/mol. The molecule has 0 amide bonds. The van der Waals surface area contributed by atoms with Crippen LogP contribution in [0, 0.1) is 5.41 Å². The summed E-state index contributed by atoms with van der Waals surface area (Å²) in [7, 11) is 0. The molecule has 1 rings (SSSR count). The van der Waals surface area contributed by atoms with E-state index in [1.54, 1.807) is 0 Å². The summed E-state index contributed by atoms with van der Waals surface area (Å²) in [6.07, 6.45) is 6.01. The third-order valence-corrected chi connectivity index (χ3v) is 5.65. The van der Waals surface area contributed by atoms with E-state index in [9.17, 15) is 0 Å². The van der Waals surface area contributed by atoms with Crippen LogP contribution >= 0.6 is 0 Å². The first-order chi connectivity index (χ1) is 10.5. The van der Waals surface area contributed by atoms with Crippen molar-refractivity contribution in [3.05, 3.63) is 29.8 Å². The molecule has 22 heavy (non-hydrogen) atoms. The molecule has 0 aliphatic rings. The Hall–Kier alpha value is -1.02. The van der Waals surface area contributed by atoms with Gasteiger partial charge in [0.05, 0.1) is 6.61 Å². The monoisotopic (exact) mass is 306 g/mol. The second-order valence-electron chi connectivity index (χ2n) is 6.78. The van der Waals surface area contributed by atoms with Gasteiger partial charge in [-0.3, -0.25) is 0 Å². The molecule has 0 bridgehead atoms. The number of hydrogen-bond acceptors (Lipinski definition) is 2. The maximum absolute atomic E-state index is 8.84. The molecule has 0 unspecified atom stereocenters. The Morgan fingerprint density at radius 1 is 0.909 bits per heavy atom. The molecule has 0 fully saturated rings. The predicted molar refractivity (Wildman–Crippen MR) is 94.6 cm³/mol. The van der Waals surface area contributed by atoms with E-state index in [2.05, 4.69) is 46.8 Å². The van der Waals surface area contributed by atoms with Crippen molar-refractivity contribution < 1.29 is 9.84 Å². The van der Waals surface area contributed by atoms with Gasteiger partial charge >= 0.3 is 0 Å². The van der Waals surface area contributed by atoms with E-state index in [0.717, 1.165) is 18.6 Å². The van der Waals surface area contributed by atoms with Crippen molar-refractivity contribution in [2.24, 2.45) is 5.41 Å². The van der Waals surface area contributed by atoms with Crippen LogP contribution < -0.4 is 4.74 Å². The number of rotatable bonds is 10. The summed E-state index contributed by atoms with van der Waals surface area (Å²) in [5.41, 5.74) is 2.07. The van der Waals surface area contributed by atoms with Gasteiger partial charge in [-0.15, -0.1) is 0 Å². The first-order valence-corrected chi connectivity index (χ1v) is 8.83. The highest BCUT2D eigenvalue weighted by molar-refractivity contribution is 5.32. The van der Waals surface area contributed by atoms with E-state index < -0.39 is 0 Å². The molecular formula is C20H34O2. The van der Waals surface area contributed by atoms with E-state index in [1.165, 1.54) is 24.8 Å². The maximum atomic E-state index is 8.84. The molecule has 1 aromatic carbocycles. The van der Waals surface area contributed by atoms with Crippen LogP contribution in [-0.2, 0) is 5.41 Å². The first kappa shape index (κ1) is 19.0. The minimum atomic E-state index is 0.0565. The van der Waals surface area contributed by atoms with Gasteiger partial charge in [-0.05, 0) is 47.8 Å². The zero-order valence-corrected chi connectivity index (χ0v) is 15.1. The van der Waals surface area contributed by atoms with Crippen molar-refractivity contribution >= 4 is 0 Å². The fourth-order valence-electron chi connectivity index (χ4n) is 3.40. The Kier molecular flexibility index (Phi) is 7.41. The fourth-order valence-corrected chi connectivity index (χ4v) is 3.40. The Bertz CT molecular complexity index is 414. The highest BCUT2D eigenvalue weighted by Crippen LogP contribution is 2.45. The summed E-state index contributed by atoms with van der Waals surface area (Å²) >= 11 is 0. The van der Waals surface area contributed by atoms with Gasteiger partial charge in [-0.2, -0.15) is 0 Å². The Labute approximate surface area is 136 Å². The van der Waals surface area contributed by atoms with Crippen molar-refractivity contribution in [3.63, 3.8) is 0 Å². The number of ether oxygens (including phenoxy) is 1. The molecule has 2 heteroatoms. The van der Waals surface area contributed by atoms with Gasteiger partial charge < -0.3 is 9.84 Å². The van der Waals surface area contributed by atoms with Crippen molar-refractivity contribution in [1.82, 2.24) is 0 Å². The van der Waals surface area contributed by atoms with Crippen molar-refractivity contribution in [3.8, 4) is 5.75 Å². The Balaban J connectivity index is 3.03. The van der Waals surface area contributed by atoms with Gasteiger partial charge in [0.25, 0.3) is 0 Å². The smallest absolute Gasteiger partial charge is 0.119 e. The molecule has 126 valence electrons. The molecule has 2 nitrogen and oxygen atoms in total. The molecule has 0 atom stereocenters. The molecule has 0 aliphatic heterocycles. The van der Waals surface area contributed by atoms with Gasteiger partial charge in [0.1, 0.15) is 12.4 Å². The number of hydrogen-bond donors (Lipinski definition) is 1. The van der Waals surface area contributed by atoms with Crippen LogP contribution in [0.1, 0.15) is 72.3 Å². The van der Waals surface area contributed by atoms with Gasteiger partial charge in [0.15, 0.2) is 0 Å². The quantitative estimate of drug-likeness (QED) is 0.633. The van der Waals surface area contributed by atoms with E-state index >= 15 is 0 Å². The molecule has 0 radical (unpaired) electrons. The van der Waals surface area contributed by atoms with Crippen LogP contribution in [0.4, 0.5) is 0 Å². The SMILES string of the molecule is CCC(C)(CC)CC(CC)(CC)c1ccc(OCCO)cc1. The van der Waals surface area contributed by atoms with Crippen LogP contribution in [0.2, 0.25) is 0 Å². The van der Waals surface area contributed by atoms with Gasteiger partial charge in [-0.1, -0.05) is 59.6 Å². The number of aliphatic hydroxyl groups is 1. The molecule has 0 saturated heterocycles. The zero-order valence-electron chi connectivity index (χ0n) is 15.1. The van der Waals surface area contributed by atoms with Crippen molar-refractivity contribution in [1.29, 1.82) is 0 Å². The lowest BCUT2D eigenvalue weighted by atomic mass is 9.64. The standard InChI is InChI=1S/C20H34O2/c1-6-19(5,7-2)16-20(8-3,9-4)17-10-12-18(13-11-17)22-15-14-21/h10-13,21H,6-9,14-16H2,1-5H3. The molecular weight excluding hydrogens is 272 g/mol. The van der Waals surface area contributed by atoms with E-state index in [4.69, 9.17) is 9.84 Å². The minimum Gasteiger partial charge on any atom is -0.491 e. The lowest BCUT2D eigenvalue weighted by Crippen LogP contribution is -2.32. The normalized spacial score (nSPS) is 12.5. The highest BCUT2D eigenvalue weighted by Gasteiger charge is 2.35. The third-order valence-electron chi connectivity index (χ3n) is 5.65. The molecule has 0 aliphatic carbocycles. The molecule has 0 heterocycles. The zero-order chi connectivity index (χ0) is 16.6. The van der Waals surface area contributed by atoms with Crippen LogP contribution in [0.15, 0.2) is 24.3 Å². The first-order valence-electron chi connectivity index (χ1n) is 8.83. The summed E-state index contributed by atoms with van der Waals surface area (Å²) in [5.74, 6) is 0.840. The number of aliphatic hydroxyl groups excluding tert-OH is 1. The summed E-state index contributed by atoms with van der Waals surface area (Å²) in [4.78, 5) is 0. The fraction of sp³-hybridized carbons (Fsp3) is 0.700. The van der Waals surface area contributed by atoms with Crippen molar-refractivity contribution in [2.45, 2.75) is 72.1 Å². The van der Waals surface area contributed by atoms with E-state index in [1.807, 2.05) is 12.1 Å². The van der Waals surface area contributed by atoms with Gasteiger partial charge in [0.2, 0.25) is 0 Å². The topological polar surface area (TPSA) is 29.5 Å². The van der Waals surface area contributed by atoms with Gasteiger partial charge in [0, 0.05) is 0 Å². The van der Waals surface area contributed by atoms with Crippen LogP contribution in [0.25, 0.3) is 0 Å². The highest BCUT2D eigenvalue weighted by atomic mass is 16.5. The molecule has 0 spiro atoms. The third kappa shape index (κ3) is 4.49. The van der Waals surface area contributed by atoms with Crippen LogP contribution in [0.3, 0.4) is 0 Å². The number of benzene rings is 1.